The van der Waals surface area contributed by atoms with Gasteiger partial charge in [-0.25, -0.2) is 14.8 Å². The highest BCUT2D eigenvalue weighted by Crippen LogP contribution is 2.26. The van der Waals surface area contributed by atoms with Crippen molar-refractivity contribution in [1.82, 2.24) is 19.9 Å². The Labute approximate surface area is 210 Å². The molecule has 1 aliphatic rings. The molecule has 2 aromatic carbocycles. The largest absolute Gasteiger partial charge is 0.489 e. The number of imidazole rings is 1. The average Bonchev–Trinajstić information content (AvgIpc) is 3.31. The number of carbonyl (C=O) groups is 1. The molecule has 0 bridgehead atoms. The molecule has 0 atom stereocenters. The summed E-state index contributed by atoms with van der Waals surface area (Å²) in [6.07, 6.45) is 2.48. The van der Waals surface area contributed by atoms with E-state index in [1.807, 2.05) is 93.6 Å². The van der Waals surface area contributed by atoms with Crippen molar-refractivity contribution in [2.75, 3.05) is 13.1 Å². The van der Waals surface area contributed by atoms with Gasteiger partial charge < -0.3 is 19.4 Å². The molecule has 184 valence electrons. The zero-order valence-electron chi connectivity index (χ0n) is 20.8. The minimum Gasteiger partial charge on any atom is -0.489 e. The standard InChI is InChI=1S/C29H30N4O3/c1-29(2,3)36-28(34)33-17-15-21(16-18-33)24-13-14-25-27(30-24)32-26(31-25)22-9-11-23(12-10-22)35-19-20-7-5-4-6-8-20/h4-15H,16-19H2,1-3H3,(H,30,31,32). The number of hydrogen-bond donors (Lipinski definition) is 1. The predicted molar refractivity (Wildman–Crippen MR) is 140 cm³/mol. The molecule has 0 aliphatic carbocycles. The van der Waals surface area contributed by atoms with Crippen LogP contribution in [0.25, 0.3) is 28.1 Å². The van der Waals surface area contributed by atoms with E-state index in [9.17, 15) is 4.79 Å². The van der Waals surface area contributed by atoms with Crippen LogP contribution in [-0.4, -0.2) is 44.6 Å². The van der Waals surface area contributed by atoms with Gasteiger partial charge in [0, 0.05) is 18.7 Å². The number of ether oxygens (including phenoxy) is 2. The van der Waals surface area contributed by atoms with E-state index >= 15 is 0 Å². The summed E-state index contributed by atoms with van der Waals surface area (Å²) in [5, 5.41) is 0. The van der Waals surface area contributed by atoms with Gasteiger partial charge in [-0.15, -0.1) is 0 Å². The highest BCUT2D eigenvalue weighted by atomic mass is 16.6. The first kappa shape index (κ1) is 23.6. The lowest BCUT2D eigenvalue weighted by Crippen LogP contribution is -2.39. The van der Waals surface area contributed by atoms with Crippen LogP contribution in [0.3, 0.4) is 0 Å². The second-order valence-corrected chi connectivity index (χ2v) is 9.86. The van der Waals surface area contributed by atoms with Crippen molar-refractivity contribution >= 4 is 22.8 Å². The molecule has 0 saturated carbocycles. The Kier molecular flexibility index (Phi) is 6.46. The van der Waals surface area contributed by atoms with Crippen molar-refractivity contribution in [2.45, 2.75) is 39.4 Å². The number of fused-ring (bicyclic) bond motifs is 1. The molecule has 36 heavy (non-hydrogen) atoms. The first-order valence-corrected chi connectivity index (χ1v) is 12.2. The van der Waals surface area contributed by atoms with Crippen LogP contribution in [0.15, 0.2) is 72.8 Å². The molecule has 2 aromatic heterocycles. The van der Waals surface area contributed by atoms with Crippen LogP contribution in [0.4, 0.5) is 4.79 Å². The summed E-state index contributed by atoms with van der Waals surface area (Å²) >= 11 is 0. The summed E-state index contributed by atoms with van der Waals surface area (Å²) in [5.41, 5.74) is 5.14. The summed E-state index contributed by atoms with van der Waals surface area (Å²) in [6, 6.07) is 22.0. The molecular formula is C29H30N4O3. The van der Waals surface area contributed by atoms with Gasteiger partial charge in [0.15, 0.2) is 5.65 Å². The number of aromatic nitrogens is 3. The molecule has 1 N–H and O–H groups in total. The molecular weight excluding hydrogens is 452 g/mol. The number of H-pyrrole nitrogens is 1. The summed E-state index contributed by atoms with van der Waals surface area (Å²) in [7, 11) is 0. The minimum absolute atomic E-state index is 0.283. The third-order valence-corrected chi connectivity index (χ3v) is 5.91. The number of nitrogens with zero attached hydrogens (tertiary/aromatic N) is 3. The van der Waals surface area contributed by atoms with Crippen LogP contribution in [-0.2, 0) is 11.3 Å². The monoisotopic (exact) mass is 482 g/mol. The molecule has 4 aromatic rings. The van der Waals surface area contributed by atoms with Gasteiger partial charge >= 0.3 is 6.09 Å². The second-order valence-electron chi connectivity index (χ2n) is 9.86. The Hall–Kier alpha value is -4.13. The highest BCUT2D eigenvalue weighted by Gasteiger charge is 2.24. The fraction of sp³-hybridized carbons (Fsp3) is 0.276. The molecule has 0 fully saturated rings. The summed E-state index contributed by atoms with van der Waals surface area (Å²) in [4.78, 5) is 26.9. The number of pyridine rings is 1. The lowest BCUT2D eigenvalue weighted by molar-refractivity contribution is 0.0270. The van der Waals surface area contributed by atoms with E-state index in [4.69, 9.17) is 19.4 Å². The van der Waals surface area contributed by atoms with E-state index in [0.717, 1.165) is 45.9 Å². The van der Waals surface area contributed by atoms with Gasteiger partial charge in [-0.05, 0) is 74.7 Å². The van der Waals surface area contributed by atoms with Crippen molar-refractivity contribution < 1.29 is 14.3 Å². The van der Waals surface area contributed by atoms with Gasteiger partial charge in [0.1, 0.15) is 23.8 Å². The number of nitrogens with one attached hydrogen (secondary N) is 1. The normalized spacial score (nSPS) is 14.0. The third-order valence-electron chi connectivity index (χ3n) is 5.91. The summed E-state index contributed by atoms with van der Waals surface area (Å²) < 4.78 is 11.4. The molecule has 0 unspecified atom stereocenters. The quantitative estimate of drug-likeness (QED) is 0.365. The highest BCUT2D eigenvalue weighted by molar-refractivity contribution is 5.79. The molecule has 7 heteroatoms. The average molecular weight is 483 g/mol. The van der Waals surface area contributed by atoms with E-state index in [1.54, 1.807) is 4.90 Å². The molecule has 1 aliphatic heterocycles. The van der Waals surface area contributed by atoms with E-state index in [2.05, 4.69) is 4.98 Å². The number of hydrogen-bond acceptors (Lipinski definition) is 5. The van der Waals surface area contributed by atoms with E-state index < -0.39 is 5.60 Å². The molecule has 3 heterocycles. The molecule has 0 saturated heterocycles. The van der Waals surface area contributed by atoms with Crippen LogP contribution < -0.4 is 4.74 Å². The van der Waals surface area contributed by atoms with Crippen LogP contribution in [0, 0.1) is 0 Å². The number of rotatable bonds is 5. The fourth-order valence-corrected chi connectivity index (χ4v) is 4.05. The summed E-state index contributed by atoms with van der Waals surface area (Å²) in [5.74, 6) is 1.57. The van der Waals surface area contributed by atoms with Crippen molar-refractivity contribution in [1.29, 1.82) is 0 Å². The van der Waals surface area contributed by atoms with Gasteiger partial charge in [0.05, 0.1) is 11.2 Å². The Morgan fingerprint density at radius 3 is 2.47 bits per heavy atom. The smallest absolute Gasteiger partial charge is 0.410 e. The SMILES string of the molecule is CC(C)(C)OC(=O)N1CC=C(c2ccc3[nH]c(-c4ccc(OCc5ccccc5)cc4)nc3n2)CC1. The number of amides is 1. The van der Waals surface area contributed by atoms with Gasteiger partial charge in [0.25, 0.3) is 0 Å². The maximum Gasteiger partial charge on any atom is 0.410 e. The fourth-order valence-electron chi connectivity index (χ4n) is 4.05. The van der Waals surface area contributed by atoms with E-state index in [0.29, 0.717) is 25.3 Å². The molecule has 5 rings (SSSR count). The minimum atomic E-state index is -0.499. The number of carbonyl (C=O) groups excluding carboxylic acids is 1. The molecule has 1 amide bonds. The Morgan fingerprint density at radius 1 is 1.00 bits per heavy atom. The lowest BCUT2D eigenvalue weighted by Gasteiger charge is -2.29. The summed E-state index contributed by atoms with van der Waals surface area (Å²) in [6.45, 7) is 7.27. The van der Waals surface area contributed by atoms with Crippen molar-refractivity contribution in [2.24, 2.45) is 0 Å². The van der Waals surface area contributed by atoms with Gasteiger partial charge in [-0.2, -0.15) is 0 Å². The van der Waals surface area contributed by atoms with Crippen LogP contribution in [0.1, 0.15) is 38.4 Å². The van der Waals surface area contributed by atoms with Crippen molar-refractivity contribution in [3.8, 4) is 17.1 Å². The maximum atomic E-state index is 12.3. The first-order chi connectivity index (χ1) is 17.3. The van der Waals surface area contributed by atoms with Gasteiger partial charge in [-0.1, -0.05) is 36.4 Å². The number of benzene rings is 2. The van der Waals surface area contributed by atoms with Gasteiger partial charge in [-0.3, -0.25) is 0 Å². The molecule has 0 spiro atoms. The second kappa shape index (κ2) is 9.85. The van der Waals surface area contributed by atoms with E-state index in [-0.39, 0.29) is 6.09 Å². The molecule has 0 radical (unpaired) electrons. The Morgan fingerprint density at radius 2 is 1.78 bits per heavy atom. The lowest BCUT2D eigenvalue weighted by atomic mass is 10.0. The third kappa shape index (κ3) is 5.57. The molecule has 7 nitrogen and oxygen atoms in total. The van der Waals surface area contributed by atoms with Gasteiger partial charge in [0.2, 0.25) is 0 Å². The Balaban J connectivity index is 1.26. The Bertz CT molecular complexity index is 1390. The first-order valence-electron chi connectivity index (χ1n) is 12.2. The topological polar surface area (TPSA) is 80.3 Å². The predicted octanol–water partition coefficient (Wildman–Crippen LogP) is 6.23. The maximum absolute atomic E-state index is 12.3. The number of aromatic amines is 1. The van der Waals surface area contributed by atoms with Crippen molar-refractivity contribution in [3.63, 3.8) is 0 Å². The van der Waals surface area contributed by atoms with Crippen molar-refractivity contribution in [3.05, 3.63) is 84.1 Å². The van der Waals surface area contributed by atoms with E-state index in [1.165, 1.54) is 0 Å². The zero-order valence-corrected chi connectivity index (χ0v) is 20.8. The zero-order chi connectivity index (χ0) is 25.1. The van der Waals surface area contributed by atoms with Crippen LogP contribution in [0.2, 0.25) is 0 Å². The van der Waals surface area contributed by atoms with Crippen LogP contribution in [0.5, 0.6) is 5.75 Å². The van der Waals surface area contributed by atoms with Crippen LogP contribution >= 0.6 is 0 Å².